The zero-order valence-electron chi connectivity index (χ0n) is 15.0. The van der Waals surface area contributed by atoms with Crippen molar-refractivity contribution in [3.8, 4) is 0 Å². The van der Waals surface area contributed by atoms with Gasteiger partial charge in [-0.05, 0) is 49.3 Å². The Balaban J connectivity index is 1.43. The molecular weight excluding hydrogens is 328 g/mol. The van der Waals surface area contributed by atoms with Crippen LogP contribution in [0.25, 0.3) is 0 Å². The second-order valence-electron chi connectivity index (χ2n) is 7.11. The minimum atomic E-state index is -0.645. The molecule has 2 aromatic rings. The quantitative estimate of drug-likeness (QED) is 0.870. The van der Waals surface area contributed by atoms with Gasteiger partial charge >= 0.3 is 6.03 Å². The van der Waals surface area contributed by atoms with Crippen molar-refractivity contribution >= 4 is 6.03 Å². The monoisotopic (exact) mass is 352 g/mol. The highest BCUT2D eigenvalue weighted by molar-refractivity contribution is 5.74. The molecule has 0 bridgehead atoms. The third-order valence-electron chi connectivity index (χ3n) is 5.29. The van der Waals surface area contributed by atoms with Gasteiger partial charge in [-0.3, -0.25) is 0 Å². The van der Waals surface area contributed by atoms with E-state index >= 15 is 0 Å². The van der Waals surface area contributed by atoms with Gasteiger partial charge in [0, 0.05) is 17.9 Å². The number of benzene rings is 1. The van der Waals surface area contributed by atoms with Crippen molar-refractivity contribution in [2.24, 2.45) is 0 Å². The highest BCUT2D eigenvalue weighted by atomic mass is 16.3. The molecule has 0 spiro atoms. The summed E-state index contributed by atoms with van der Waals surface area (Å²) in [5, 5.41) is 13.2. The van der Waals surface area contributed by atoms with Crippen LogP contribution >= 0.6 is 0 Å². The van der Waals surface area contributed by atoms with E-state index in [1.807, 2.05) is 31.2 Å². The van der Waals surface area contributed by atoms with E-state index in [1.54, 1.807) is 4.90 Å². The van der Waals surface area contributed by atoms with Gasteiger partial charge in [-0.2, -0.15) is 0 Å². The molecule has 0 radical (unpaired) electrons. The first-order chi connectivity index (χ1) is 12.6. The number of nitrogens with zero attached hydrogens (tertiary/aromatic N) is 3. The van der Waals surface area contributed by atoms with Crippen molar-refractivity contribution < 1.29 is 9.90 Å². The van der Waals surface area contributed by atoms with Crippen molar-refractivity contribution in [2.45, 2.75) is 51.8 Å². The van der Waals surface area contributed by atoms with Crippen LogP contribution in [0.4, 0.5) is 4.79 Å². The van der Waals surface area contributed by atoms with Crippen LogP contribution < -0.4 is 5.32 Å². The number of hydrogen-bond donors (Lipinski definition) is 2. The number of aliphatic hydroxyl groups is 1. The lowest BCUT2D eigenvalue weighted by molar-refractivity contribution is 0.104. The molecule has 1 aliphatic carbocycles. The molecule has 26 heavy (non-hydrogen) atoms. The van der Waals surface area contributed by atoms with Gasteiger partial charge < -0.3 is 15.3 Å². The zero-order valence-corrected chi connectivity index (χ0v) is 15.0. The molecule has 6 heteroatoms. The fourth-order valence-corrected chi connectivity index (χ4v) is 3.93. The SMILES string of the molecule is Cc1nc(CNC(=O)N2Cc3ccccc3C(O)C2)nc2c1CCCC2. The van der Waals surface area contributed by atoms with Crippen molar-refractivity contribution in [2.75, 3.05) is 6.54 Å². The Bertz CT molecular complexity index is 837. The van der Waals surface area contributed by atoms with E-state index in [-0.39, 0.29) is 6.03 Å². The first kappa shape index (κ1) is 17.0. The number of nitrogens with one attached hydrogen (secondary N) is 1. The Hall–Kier alpha value is -2.47. The van der Waals surface area contributed by atoms with Crippen LogP contribution in [0.15, 0.2) is 24.3 Å². The molecule has 2 amide bonds. The van der Waals surface area contributed by atoms with Crippen LogP contribution in [0.3, 0.4) is 0 Å². The third-order valence-corrected chi connectivity index (χ3v) is 5.29. The maximum atomic E-state index is 12.5. The van der Waals surface area contributed by atoms with E-state index in [9.17, 15) is 9.90 Å². The Kier molecular flexibility index (Phi) is 4.59. The summed E-state index contributed by atoms with van der Waals surface area (Å²) in [7, 11) is 0. The van der Waals surface area contributed by atoms with E-state index in [0.29, 0.717) is 25.5 Å². The number of aryl methyl sites for hydroxylation is 2. The predicted octanol–water partition coefficient (Wildman–Crippen LogP) is 2.42. The Morgan fingerprint density at radius 3 is 2.96 bits per heavy atom. The van der Waals surface area contributed by atoms with Crippen molar-refractivity contribution in [1.29, 1.82) is 0 Å². The molecule has 1 aromatic carbocycles. The van der Waals surface area contributed by atoms with Crippen molar-refractivity contribution in [3.05, 3.63) is 58.2 Å². The minimum absolute atomic E-state index is 0.197. The number of hydrogen-bond acceptors (Lipinski definition) is 4. The number of fused-ring (bicyclic) bond motifs is 2. The van der Waals surface area contributed by atoms with Crippen molar-refractivity contribution in [1.82, 2.24) is 20.2 Å². The number of β-amino-alcohol motifs (C(OH)–C–C–N with tert-alkyl or cyclic N) is 1. The van der Waals surface area contributed by atoms with Gasteiger partial charge in [0.2, 0.25) is 0 Å². The molecule has 0 fully saturated rings. The minimum Gasteiger partial charge on any atom is -0.387 e. The maximum absolute atomic E-state index is 12.5. The molecule has 1 aliphatic heterocycles. The van der Waals surface area contributed by atoms with Gasteiger partial charge in [-0.1, -0.05) is 24.3 Å². The second kappa shape index (κ2) is 7.03. The lowest BCUT2D eigenvalue weighted by Gasteiger charge is -2.32. The Labute approximate surface area is 153 Å². The van der Waals surface area contributed by atoms with Gasteiger partial charge in [-0.25, -0.2) is 14.8 Å². The maximum Gasteiger partial charge on any atom is 0.318 e. The fraction of sp³-hybridized carbons (Fsp3) is 0.450. The van der Waals surface area contributed by atoms with Crippen LogP contribution in [-0.4, -0.2) is 32.6 Å². The molecule has 1 unspecified atom stereocenters. The number of amides is 2. The van der Waals surface area contributed by atoms with Crippen LogP contribution in [0.1, 0.15) is 52.8 Å². The second-order valence-corrected chi connectivity index (χ2v) is 7.11. The number of carbonyl (C=O) groups is 1. The zero-order chi connectivity index (χ0) is 18.1. The number of aliphatic hydroxyl groups excluding tert-OH is 1. The first-order valence-corrected chi connectivity index (χ1v) is 9.25. The Morgan fingerprint density at radius 1 is 1.27 bits per heavy atom. The van der Waals surface area contributed by atoms with Gasteiger partial charge in [0.15, 0.2) is 0 Å². The average molecular weight is 352 g/mol. The summed E-state index contributed by atoms with van der Waals surface area (Å²) < 4.78 is 0. The van der Waals surface area contributed by atoms with Crippen molar-refractivity contribution in [3.63, 3.8) is 0 Å². The van der Waals surface area contributed by atoms with E-state index in [2.05, 4.69) is 15.3 Å². The van der Waals surface area contributed by atoms with Gasteiger partial charge in [0.25, 0.3) is 0 Å². The number of urea groups is 1. The molecule has 2 N–H and O–H groups in total. The van der Waals surface area contributed by atoms with Crippen LogP contribution in [0, 0.1) is 6.92 Å². The lowest BCUT2D eigenvalue weighted by atomic mass is 9.95. The number of carbonyl (C=O) groups excluding carboxylic acids is 1. The molecule has 1 aromatic heterocycles. The summed E-state index contributed by atoms with van der Waals surface area (Å²) in [5.41, 5.74) is 5.34. The third kappa shape index (κ3) is 3.29. The predicted molar refractivity (Wildman–Crippen MR) is 97.5 cm³/mol. The molecule has 136 valence electrons. The largest absolute Gasteiger partial charge is 0.387 e. The molecule has 0 saturated heterocycles. The molecule has 1 atom stereocenters. The number of aromatic nitrogens is 2. The molecule has 4 rings (SSSR count). The van der Waals surface area contributed by atoms with Gasteiger partial charge in [-0.15, -0.1) is 0 Å². The summed E-state index contributed by atoms with van der Waals surface area (Å²) in [4.78, 5) is 23.4. The standard InChI is InChI=1S/C20H24N4O2/c1-13-15-7-4-5-9-17(15)23-19(22-13)10-21-20(26)24-11-14-6-2-3-8-16(14)18(25)12-24/h2-3,6,8,18,25H,4-5,7,9-12H2,1H3,(H,21,26). The smallest absolute Gasteiger partial charge is 0.318 e. The van der Waals surface area contributed by atoms with E-state index in [0.717, 1.165) is 35.4 Å². The van der Waals surface area contributed by atoms with Crippen LogP contribution in [-0.2, 0) is 25.9 Å². The molecular formula is C20H24N4O2. The van der Waals surface area contributed by atoms with Gasteiger partial charge in [0.1, 0.15) is 5.82 Å². The summed E-state index contributed by atoms with van der Waals surface area (Å²) in [5.74, 6) is 0.662. The molecule has 6 nitrogen and oxygen atoms in total. The summed E-state index contributed by atoms with van der Waals surface area (Å²) >= 11 is 0. The van der Waals surface area contributed by atoms with Gasteiger partial charge in [0.05, 0.1) is 19.2 Å². The summed E-state index contributed by atoms with van der Waals surface area (Å²) in [6, 6.07) is 7.51. The normalized spacial score (nSPS) is 18.8. The van der Waals surface area contributed by atoms with E-state index in [4.69, 9.17) is 0 Å². The molecule has 2 aliphatic rings. The summed E-state index contributed by atoms with van der Waals surface area (Å²) in [6.45, 7) is 3.13. The lowest BCUT2D eigenvalue weighted by Crippen LogP contribution is -2.44. The highest BCUT2D eigenvalue weighted by Gasteiger charge is 2.26. The molecule has 0 saturated carbocycles. The van der Waals surface area contributed by atoms with E-state index < -0.39 is 6.10 Å². The fourth-order valence-electron chi connectivity index (χ4n) is 3.93. The first-order valence-electron chi connectivity index (χ1n) is 9.25. The molecule has 2 heterocycles. The average Bonchev–Trinajstić information content (AvgIpc) is 2.66. The Morgan fingerprint density at radius 2 is 2.08 bits per heavy atom. The highest BCUT2D eigenvalue weighted by Crippen LogP contribution is 2.26. The number of rotatable bonds is 2. The van der Waals surface area contributed by atoms with Crippen LogP contribution in [0.2, 0.25) is 0 Å². The van der Waals surface area contributed by atoms with E-state index in [1.165, 1.54) is 18.4 Å². The topological polar surface area (TPSA) is 78.4 Å². The summed E-state index contributed by atoms with van der Waals surface area (Å²) in [6.07, 6.45) is 3.77. The van der Waals surface area contributed by atoms with Crippen LogP contribution in [0.5, 0.6) is 0 Å².